The van der Waals surface area contributed by atoms with E-state index in [1.165, 1.54) is 0 Å². The molecule has 0 atom stereocenters. The summed E-state index contributed by atoms with van der Waals surface area (Å²) in [6, 6.07) is 3.55. The smallest absolute Gasteiger partial charge is 0.289 e. The Kier molecular flexibility index (Phi) is 5.14. The van der Waals surface area contributed by atoms with Gasteiger partial charge in [0.1, 0.15) is 0 Å². The molecule has 0 N–H and O–H groups in total. The van der Waals surface area contributed by atoms with Gasteiger partial charge in [-0.3, -0.25) is 4.79 Å². The largest absolute Gasteiger partial charge is 0.445 e. The number of halogens is 1. The van der Waals surface area contributed by atoms with E-state index in [-0.39, 0.29) is 5.91 Å². The summed E-state index contributed by atoms with van der Waals surface area (Å²) >= 11 is 2.06. The van der Waals surface area contributed by atoms with Gasteiger partial charge in [0.2, 0.25) is 0 Å². The standard InChI is InChI=1S/C11H16INO2/c1-3-7-13(8-4-2)11(14)9-5-6-10(12)15-9/h5-6H,3-4,7-8H2,1-2H3. The Morgan fingerprint density at radius 3 is 2.33 bits per heavy atom. The molecule has 1 heterocycles. The Bertz CT molecular complexity index is 316. The summed E-state index contributed by atoms with van der Waals surface area (Å²) in [5.41, 5.74) is 0. The molecule has 4 heteroatoms. The van der Waals surface area contributed by atoms with Crippen LogP contribution in [0.4, 0.5) is 0 Å². The molecule has 0 fully saturated rings. The van der Waals surface area contributed by atoms with Crippen molar-refractivity contribution in [1.29, 1.82) is 0 Å². The van der Waals surface area contributed by atoms with E-state index in [0.29, 0.717) is 5.76 Å². The monoisotopic (exact) mass is 321 g/mol. The number of amides is 1. The van der Waals surface area contributed by atoms with Gasteiger partial charge in [-0.25, -0.2) is 0 Å². The number of carbonyl (C=O) groups is 1. The number of hydrogen-bond acceptors (Lipinski definition) is 2. The number of nitrogens with zero attached hydrogens (tertiary/aromatic N) is 1. The van der Waals surface area contributed by atoms with Crippen molar-refractivity contribution < 1.29 is 9.21 Å². The van der Waals surface area contributed by atoms with Crippen LogP contribution in [0.3, 0.4) is 0 Å². The maximum Gasteiger partial charge on any atom is 0.289 e. The summed E-state index contributed by atoms with van der Waals surface area (Å²) in [6.45, 7) is 5.73. The van der Waals surface area contributed by atoms with Gasteiger partial charge in [0.05, 0.1) is 0 Å². The topological polar surface area (TPSA) is 33.5 Å². The molecule has 0 saturated heterocycles. The molecule has 0 aliphatic rings. The number of furan rings is 1. The number of rotatable bonds is 5. The lowest BCUT2D eigenvalue weighted by atomic mass is 10.3. The van der Waals surface area contributed by atoms with Gasteiger partial charge in [-0.15, -0.1) is 0 Å². The first kappa shape index (κ1) is 12.5. The van der Waals surface area contributed by atoms with Crippen molar-refractivity contribution in [3.63, 3.8) is 0 Å². The van der Waals surface area contributed by atoms with Crippen LogP contribution in [0.1, 0.15) is 37.2 Å². The average Bonchev–Trinajstić information content (AvgIpc) is 2.63. The molecule has 1 aromatic rings. The lowest BCUT2D eigenvalue weighted by Gasteiger charge is -2.19. The Morgan fingerprint density at radius 2 is 1.93 bits per heavy atom. The predicted molar refractivity (Wildman–Crippen MR) is 67.9 cm³/mol. The van der Waals surface area contributed by atoms with Crippen molar-refractivity contribution in [2.24, 2.45) is 0 Å². The summed E-state index contributed by atoms with van der Waals surface area (Å²) in [5.74, 6) is 0.447. The van der Waals surface area contributed by atoms with Crippen LogP contribution in [-0.4, -0.2) is 23.9 Å². The molecular weight excluding hydrogens is 305 g/mol. The van der Waals surface area contributed by atoms with Crippen molar-refractivity contribution in [2.75, 3.05) is 13.1 Å². The van der Waals surface area contributed by atoms with Gasteiger partial charge in [-0.1, -0.05) is 13.8 Å². The molecule has 0 aromatic carbocycles. The third-order valence-corrected chi connectivity index (χ3v) is 2.64. The molecule has 15 heavy (non-hydrogen) atoms. The van der Waals surface area contributed by atoms with Gasteiger partial charge < -0.3 is 9.32 Å². The molecule has 84 valence electrons. The van der Waals surface area contributed by atoms with Gasteiger partial charge in [0.25, 0.3) is 5.91 Å². The van der Waals surface area contributed by atoms with Crippen LogP contribution in [0.25, 0.3) is 0 Å². The molecule has 1 amide bonds. The lowest BCUT2D eigenvalue weighted by molar-refractivity contribution is 0.0722. The van der Waals surface area contributed by atoms with Crippen LogP contribution in [0.15, 0.2) is 16.5 Å². The van der Waals surface area contributed by atoms with Gasteiger partial charge in [0.15, 0.2) is 9.53 Å². The minimum atomic E-state index is 0.00150. The van der Waals surface area contributed by atoms with Crippen molar-refractivity contribution in [3.8, 4) is 0 Å². The Balaban J connectivity index is 2.71. The molecule has 0 saturated carbocycles. The maximum absolute atomic E-state index is 12.0. The summed E-state index contributed by atoms with van der Waals surface area (Å²) in [7, 11) is 0. The van der Waals surface area contributed by atoms with Gasteiger partial charge in [-0.05, 0) is 47.6 Å². The fraction of sp³-hybridized carbons (Fsp3) is 0.545. The number of hydrogen-bond donors (Lipinski definition) is 0. The fourth-order valence-corrected chi connectivity index (χ4v) is 1.86. The molecule has 1 rings (SSSR count). The van der Waals surface area contributed by atoms with Crippen LogP contribution < -0.4 is 0 Å². The second-order valence-electron chi connectivity index (χ2n) is 3.40. The minimum Gasteiger partial charge on any atom is -0.445 e. The van der Waals surface area contributed by atoms with Crippen LogP contribution >= 0.6 is 22.6 Å². The van der Waals surface area contributed by atoms with Gasteiger partial charge in [-0.2, -0.15) is 0 Å². The molecule has 0 aliphatic heterocycles. The highest BCUT2D eigenvalue weighted by Crippen LogP contribution is 2.13. The van der Waals surface area contributed by atoms with E-state index in [4.69, 9.17) is 4.42 Å². The molecule has 0 spiro atoms. The van der Waals surface area contributed by atoms with Gasteiger partial charge >= 0.3 is 0 Å². The van der Waals surface area contributed by atoms with E-state index in [1.807, 2.05) is 11.0 Å². The highest BCUT2D eigenvalue weighted by atomic mass is 127. The van der Waals surface area contributed by atoms with E-state index in [9.17, 15) is 4.79 Å². The SMILES string of the molecule is CCCN(CCC)C(=O)c1ccc(I)o1. The van der Waals surface area contributed by atoms with Crippen LogP contribution in [0, 0.1) is 3.77 Å². The lowest BCUT2D eigenvalue weighted by Crippen LogP contribution is -2.32. The quantitative estimate of drug-likeness (QED) is 0.781. The van der Waals surface area contributed by atoms with E-state index < -0.39 is 0 Å². The zero-order chi connectivity index (χ0) is 11.3. The number of carbonyl (C=O) groups excluding carboxylic acids is 1. The van der Waals surface area contributed by atoms with Crippen LogP contribution in [-0.2, 0) is 0 Å². The molecule has 0 unspecified atom stereocenters. The van der Waals surface area contributed by atoms with E-state index in [0.717, 1.165) is 29.7 Å². The fourth-order valence-electron chi connectivity index (χ4n) is 1.44. The van der Waals surface area contributed by atoms with Crippen LogP contribution in [0.5, 0.6) is 0 Å². The molecular formula is C11H16INO2. The molecule has 0 bridgehead atoms. The molecule has 1 aromatic heterocycles. The van der Waals surface area contributed by atoms with E-state index >= 15 is 0 Å². The highest BCUT2D eigenvalue weighted by Gasteiger charge is 2.17. The van der Waals surface area contributed by atoms with Crippen molar-refractivity contribution >= 4 is 28.5 Å². The molecule has 0 radical (unpaired) electrons. The molecule has 3 nitrogen and oxygen atoms in total. The average molecular weight is 321 g/mol. The van der Waals surface area contributed by atoms with Gasteiger partial charge in [0, 0.05) is 13.1 Å². The third-order valence-electron chi connectivity index (χ3n) is 2.06. The summed E-state index contributed by atoms with van der Waals surface area (Å²) in [6.07, 6.45) is 1.95. The van der Waals surface area contributed by atoms with E-state index in [1.54, 1.807) is 6.07 Å². The highest BCUT2D eigenvalue weighted by molar-refractivity contribution is 14.1. The first-order valence-corrected chi connectivity index (χ1v) is 6.31. The Labute approximate surface area is 104 Å². The predicted octanol–water partition coefficient (Wildman–Crippen LogP) is 3.15. The first-order chi connectivity index (χ1) is 7.19. The van der Waals surface area contributed by atoms with Crippen molar-refractivity contribution in [3.05, 3.63) is 21.7 Å². The van der Waals surface area contributed by atoms with Crippen molar-refractivity contribution in [2.45, 2.75) is 26.7 Å². The third kappa shape index (κ3) is 3.52. The summed E-state index contributed by atoms with van der Waals surface area (Å²) in [5, 5.41) is 0. The molecule has 0 aliphatic carbocycles. The second kappa shape index (κ2) is 6.15. The van der Waals surface area contributed by atoms with E-state index in [2.05, 4.69) is 36.4 Å². The summed E-state index contributed by atoms with van der Waals surface area (Å²) in [4.78, 5) is 13.8. The van der Waals surface area contributed by atoms with Crippen molar-refractivity contribution in [1.82, 2.24) is 4.90 Å². The zero-order valence-electron chi connectivity index (χ0n) is 9.12. The zero-order valence-corrected chi connectivity index (χ0v) is 11.3. The maximum atomic E-state index is 12.0. The minimum absolute atomic E-state index is 0.00150. The normalized spacial score (nSPS) is 10.3. The summed E-state index contributed by atoms with van der Waals surface area (Å²) < 4.78 is 6.07. The first-order valence-electron chi connectivity index (χ1n) is 5.23. The van der Waals surface area contributed by atoms with Crippen LogP contribution in [0.2, 0.25) is 0 Å². The Hall–Kier alpha value is -0.520. The Morgan fingerprint density at radius 1 is 1.33 bits per heavy atom. The second-order valence-corrected chi connectivity index (χ2v) is 4.46.